The highest BCUT2D eigenvalue weighted by molar-refractivity contribution is 5.94. The van der Waals surface area contributed by atoms with Crippen LogP contribution >= 0.6 is 0 Å². The molecular formula is C24H29N3O3. The van der Waals surface area contributed by atoms with Crippen molar-refractivity contribution in [3.8, 4) is 17.2 Å². The molecule has 30 heavy (non-hydrogen) atoms. The highest BCUT2D eigenvalue weighted by Crippen LogP contribution is 2.29. The molecule has 0 radical (unpaired) electrons. The van der Waals surface area contributed by atoms with Gasteiger partial charge in [0.05, 0.1) is 24.6 Å². The number of carbonyl (C=O) groups is 1. The fraction of sp³-hybridized carbons (Fsp3) is 0.333. The molecule has 1 heterocycles. The lowest BCUT2D eigenvalue weighted by molar-refractivity contribution is 0.0953. The Morgan fingerprint density at radius 1 is 1.07 bits per heavy atom. The average molecular weight is 408 g/mol. The topological polar surface area (TPSA) is 65.4 Å². The fourth-order valence-electron chi connectivity index (χ4n) is 3.28. The van der Waals surface area contributed by atoms with Gasteiger partial charge >= 0.3 is 0 Å². The van der Waals surface area contributed by atoms with Crippen LogP contribution in [0, 0.1) is 13.8 Å². The fourth-order valence-corrected chi connectivity index (χ4v) is 3.28. The van der Waals surface area contributed by atoms with Crippen LogP contribution in [0.4, 0.5) is 0 Å². The van der Waals surface area contributed by atoms with Crippen molar-refractivity contribution in [1.82, 2.24) is 15.1 Å². The summed E-state index contributed by atoms with van der Waals surface area (Å²) in [5.74, 6) is 1.05. The number of hydrogen-bond donors (Lipinski definition) is 1. The number of nitrogens with one attached hydrogen (secondary N) is 1. The third-order valence-electron chi connectivity index (χ3n) is 4.68. The zero-order valence-electron chi connectivity index (χ0n) is 18.2. The molecule has 3 aromatic rings. The highest BCUT2D eigenvalue weighted by Gasteiger charge is 2.12. The maximum atomic E-state index is 12.5. The number of rotatable bonds is 8. The van der Waals surface area contributed by atoms with E-state index in [1.54, 1.807) is 25.3 Å². The molecule has 0 aliphatic rings. The Balaban J connectivity index is 1.57. The minimum absolute atomic E-state index is 0.0335. The molecule has 158 valence electrons. The highest BCUT2D eigenvalue weighted by atomic mass is 16.5. The van der Waals surface area contributed by atoms with Crippen molar-refractivity contribution in [3.05, 3.63) is 71.0 Å². The third-order valence-corrected chi connectivity index (χ3v) is 4.68. The number of nitrogens with zero attached hydrogens (tertiary/aromatic N) is 2. The summed E-state index contributed by atoms with van der Waals surface area (Å²) in [7, 11) is 1.57. The summed E-state index contributed by atoms with van der Waals surface area (Å²) in [6.45, 7) is 8.47. The van der Waals surface area contributed by atoms with E-state index in [-0.39, 0.29) is 12.0 Å². The van der Waals surface area contributed by atoms with Gasteiger partial charge in [0.2, 0.25) is 0 Å². The summed E-state index contributed by atoms with van der Waals surface area (Å²) in [6, 6.07) is 15.5. The van der Waals surface area contributed by atoms with Crippen LogP contribution in [0.2, 0.25) is 0 Å². The molecule has 0 spiro atoms. The lowest BCUT2D eigenvalue weighted by Crippen LogP contribution is -2.25. The summed E-state index contributed by atoms with van der Waals surface area (Å²) in [5.41, 5.74) is 4.83. The first-order valence-electron chi connectivity index (χ1n) is 10.1. The van der Waals surface area contributed by atoms with Crippen molar-refractivity contribution < 1.29 is 14.3 Å². The molecule has 0 bridgehead atoms. The first kappa shape index (κ1) is 21.4. The van der Waals surface area contributed by atoms with Crippen LogP contribution in [0.3, 0.4) is 0 Å². The van der Waals surface area contributed by atoms with E-state index in [1.165, 1.54) is 0 Å². The molecule has 0 atom stereocenters. The number of aromatic nitrogens is 2. The van der Waals surface area contributed by atoms with Crippen LogP contribution in [0.1, 0.15) is 41.2 Å². The summed E-state index contributed by atoms with van der Waals surface area (Å²) in [6.07, 6.45) is 0.778. The molecule has 3 rings (SSSR count). The molecule has 0 aliphatic carbocycles. The van der Waals surface area contributed by atoms with Crippen molar-refractivity contribution in [1.29, 1.82) is 0 Å². The van der Waals surface area contributed by atoms with Gasteiger partial charge in [-0.1, -0.05) is 12.1 Å². The van der Waals surface area contributed by atoms with Gasteiger partial charge in [-0.05, 0) is 76.1 Å². The molecule has 0 saturated carbocycles. The molecular weight excluding hydrogens is 378 g/mol. The molecule has 0 saturated heterocycles. The van der Waals surface area contributed by atoms with Crippen LogP contribution < -0.4 is 14.8 Å². The van der Waals surface area contributed by atoms with E-state index >= 15 is 0 Å². The normalized spacial score (nSPS) is 10.9. The predicted molar refractivity (Wildman–Crippen MR) is 118 cm³/mol. The van der Waals surface area contributed by atoms with Gasteiger partial charge in [0.15, 0.2) is 11.5 Å². The maximum Gasteiger partial charge on any atom is 0.251 e. The molecule has 6 nitrogen and oxygen atoms in total. The van der Waals surface area contributed by atoms with Gasteiger partial charge < -0.3 is 14.8 Å². The minimum Gasteiger partial charge on any atom is -0.493 e. The van der Waals surface area contributed by atoms with E-state index in [9.17, 15) is 4.79 Å². The largest absolute Gasteiger partial charge is 0.493 e. The Labute approximate surface area is 177 Å². The zero-order valence-corrected chi connectivity index (χ0v) is 18.2. The van der Waals surface area contributed by atoms with Crippen molar-refractivity contribution in [2.45, 2.75) is 40.2 Å². The van der Waals surface area contributed by atoms with Crippen LogP contribution in [0.15, 0.2) is 48.5 Å². The van der Waals surface area contributed by atoms with Gasteiger partial charge in [0.1, 0.15) is 0 Å². The van der Waals surface area contributed by atoms with E-state index in [2.05, 4.69) is 40.7 Å². The van der Waals surface area contributed by atoms with Crippen LogP contribution in [-0.4, -0.2) is 35.4 Å². The van der Waals surface area contributed by atoms with Crippen molar-refractivity contribution in [3.63, 3.8) is 0 Å². The van der Waals surface area contributed by atoms with Crippen LogP contribution in [0.5, 0.6) is 11.5 Å². The summed E-state index contributed by atoms with van der Waals surface area (Å²) < 4.78 is 13.0. The number of carbonyl (C=O) groups excluding carboxylic acids is 1. The predicted octanol–water partition coefficient (Wildman–Crippen LogP) is 4.26. The van der Waals surface area contributed by atoms with E-state index in [4.69, 9.17) is 9.47 Å². The molecule has 0 fully saturated rings. The van der Waals surface area contributed by atoms with Crippen molar-refractivity contribution >= 4 is 5.91 Å². The second kappa shape index (κ2) is 9.48. The number of amides is 1. The van der Waals surface area contributed by atoms with Gasteiger partial charge in [-0.3, -0.25) is 4.79 Å². The van der Waals surface area contributed by atoms with Crippen LogP contribution in [-0.2, 0) is 6.42 Å². The number of methoxy groups -OCH3 is 1. The van der Waals surface area contributed by atoms with Gasteiger partial charge in [-0.15, -0.1) is 0 Å². The second-order valence-corrected chi connectivity index (χ2v) is 7.54. The molecule has 0 unspecified atom stereocenters. The first-order valence-corrected chi connectivity index (χ1v) is 10.1. The Morgan fingerprint density at radius 2 is 1.80 bits per heavy atom. The summed E-state index contributed by atoms with van der Waals surface area (Å²) >= 11 is 0. The third kappa shape index (κ3) is 5.20. The quantitative estimate of drug-likeness (QED) is 0.606. The van der Waals surface area contributed by atoms with E-state index in [1.807, 2.05) is 32.4 Å². The van der Waals surface area contributed by atoms with Crippen molar-refractivity contribution in [2.75, 3.05) is 13.7 Å². The maximum absolute atomic E-state index is 12.5. The Kier molecular flexibility index (Phi) is 6.77. The average Bonchev–Trinajstić information content (AvgIpc) is 3.06. The SMILES string of the molecule is COc1cc(C(=O)NCCc2ccc(-n3nc(C)cc3C)cc2)ccc1OC(C)C. The summed E-state index contributed by atoms with van der Waals surface area (Å²) in [5, 5.41) is 7.47. The molecule has 2 aromatic carbocycles. The van der Waals surface area contributed by atoms with Gasteiger partial charge in [0, 0.05) is 17.8 Å². The van der Waals surface area contributed by atoms with E-state index in [0.717, 1.165) is 29.1 Å². The monoisotopic (exact) mass is 407 g/mol. The van der Waals surface area contributed by atoms with Gasteiger partial charge in [0.25, 0.3) is 5.91 Å². The number of aryl methyl sites for hydroxylation is 2. The molecule has 1 N–H and O–H groups in total. The Bertz CT molecular complexity index is 1010. The second-order valence-electron chi connectivity index (χ2n) is 7.54. The number of benzene rings is 2. The number of ether oxygens (including phenoxy) is 2. The van der Waals surface area contributed by atoms with Gasteiger partial charge in [-0.25, -0.2) is 4.68 Å². The lowest BCUT2D eigenvalue weighted by Gasteiger charge is -2.14. The standard InChI is InChI=1S/C24H29N3O3/c1-16(2)30-22-11-8-20(15-23(22)29-5)24(28)25-13-12-19-6-9-21(10-7-19)27-18(4)14-17(3)26-27/h6-11,14-16H,12-13H2,1-5H3,(H,25,28). The smallest absolute Gasteiger partial charge is 0.251 e. The molecule has 0 aliphatic heterocycles. The van der Waals surface area contributed by atoms with Gasteiger partial charge in [-0.2, -0.15) is 5.10 Å². The van der Waals surface area contributed by atoms with Crippen LogP contribution in [0.25, 0.3) is 5.69 Å². The van der Waals surface area contributed by atoms with E-state index in [0.29, 0.717) is 23.6 Å². The number of hydrogen-bond acceptors (Lipinski definition) is 4. The van der Waals surface area contributed by atoms with E-state index < -0.39 is 0 Å². The first-order chi connectivity index (χ1) is 14.4. The Hall–Kier alpha value is -3.28. The zero-order chi connectivity index (χ0) is 21.7. The molecule has 6 heteroatoms. The molecule has 1 amide bonds. The molecule has 1 aromatic heterocycles. The van der Waals surface area contributed by atoms with Crippen molar-refractivity contribution in [2.24, 2.45) is 0 Å². The minimum atomic E-state index is -0.136. The summed E-state index contributed by atoms with van der Waals surface area (Å²) in [4.78, 5) is 12.5. The Morgan fingerprint density at radius 3 is 2.40 bits per heavy atom. The lowest BCUT2D eigenvalue weighted by atomic mass is 10.1.